The molecule has 5 rings (SSSR count). The smallest absolute Gasteiger partial charge is 0.246 e. The second kappa shape index (κ2) is 8.90. The van der Waals surface area contributed by atoms with Crippen molar-refractivity contribution < 1.29 is 4.79 Å². The molecule has 4 heterocycles. The van der Waals surface area contributed by atoms with Gasteiger partial charge in [0.25, 0.3) is 0 Å². The number of likely N-dealkylation sites (tertiary alicyclic amines) is 1. The number of carbonyl (C=O) groups is 1. The van der Waals surface area contributed by atoms with Crippen LogP contribution in [-0.2, 0) is 4.79 Å². The lowest BCUT2D eigenvalue weighted by molar-refractivity contribution is -0.127. The number of carbonyl (C=O) groups excluding carboxylic acids is 1. The molecule has 0 bridgehead atoms. The van der Waals surface area contributed by atoms with Gasteiger partial charge in [-0.05, 0) is 62.1 Å². The van der Waals surface area contributed by atoms with E-state index in [1.165, 1.54) is 24.6 Å². The second-order valence-electron chi connectivity index (χ2n) is 8.47. The molecule has 2 aliphatic rings. The van der Waals surface area contributed by atoms with Crippen LogP contribution in [0, 0.1) is 0 Å². The van der Waals surface area contributed by atoms with Gasteiger partial charge in [0.2, 0.25) is 11.9 Å². The van der Waals surface area contributed by atoms with E-state index < -0.39 is 0 Å². The van der Waals surface area contributed by atoms with Gasteiger partial charge in [-0.2, -0.15) is 9.97 Å². The quantitative estimate of drug-likeness (QED) is 0.513. The van der Waals surface area contributed by atoms with E-state index in [9.17, 15) is 4.79 Å². The topological polar surface area (TPSA) is 89.2 Å². The first-order valence-electron chi connectivity index (χ1n) is 11.3. The molecule has 1 aromatic carbocycles. The number of anilines is 4. The fraction of sp³-hybridized carbons (Fsp3) is 0.375. The Kier molecular flexibility index (Phi) is 5.66. The van der Waals surface area contributed by atoms with Crippen LogP contribution >= 0.6 is 0 Å². The Morgan fingerprint density at radius 2 is 1.91 bits per heavy atom. The van der Waals surface area contributed by atoms with Crippen LogP contribution in [0.4, 0.5) is 23.1 Å². The predicted molar refractivity (Wildman–Crippen MR) is 128 cm³/mol. The molecule has 1 atom stereocenters. The van der Waals surface area contributed by atoms with Gasteiger partial charge in [0, 0.05) is 49.8 Å². The number of aromatic nitrogens is 3. The number of H-pyrrole nitrogens is 1. The SMILES string of the molecule is C=CC(=O)N1CCCC(Nc2nc(Nc3ccc(N4CCCC4)cc3)nc3[nH]ccc23)C1. The molecule has 166 valence electrons. The Morgan fingerprint density at radius 1 is 1.09 bits per heavy atom. The lowest BCUT2D eigenvalue weighted by atomic mass is 10.1. The van der Waals surface area contributed by atoms with Crippen LogP contribution in [0.15, 0.2) is 49.2 Å². The molecule has 8 heteroatoms. The summed E-state index contributed by atoms with van der Waals surface area (Å²) in [5, 5.41) is 7.82. The van der Waals surface area contributed by atoms with Crippen LogP contribution < -0.4 is 15.5 Å². The highest BCUT2D eigenvalue weighted by Crippen LogP contribution is 2.27. The monoisotopic (exact) mass is 431 g/mol. The predicted octanol–water partition coefficient (Wildman–Crippen LogP) is 3.89. The summed E-state index contributed by atoms with van der Waals surface area (Å²) >= 11 is 0. The highest BCUT2D eigenvalue weighted by atomic mass is 16.2. The summed E-state index contributed by atoms with van der Waals surface area (Å²) in [7, 11) is 0. The first-order chi connectivity index (χ1) is 15.7. The van der Waals surface area contributed by atoms with Crippen LogP contribution in [0.5, 0.6) is 0 Å². The minimum atomic E-state index is -0.0225. The normalized spacial score (nSPS) is 18.7. The van der Waals surface area contributed by atoms with Gasteiger partial charge in [0.15, 0.2) is 0 Å². The molecular weight excluding hydrogens is 402 g/mol. The van der Waals surface area contributed by atoms with Crippen molar-refractivity contribution in [3.8, 4) is 0 Å². The number of amides is 1. The highest BCUT2D eigenvalue weighted by molar-refractivity contribution is 5.89. The van der Waals surface area contributed by atoms with E-state index in [0.29, 0.717) is 12.5 Å². The maximum atomic E-state index is 12.0. The first-order valence-corrected chi connectivity index (χ1v) is 11.3. The molecule has 3 aromatic rings. The molecule has 3 N–H and O–H groups in total. The molecule has 1 amide bonds. The zero-order valence-corrected chi connectivity index (χ0v) is 18.2. The van der Waals surface area contributed by atoms with Crippen LogP contribution in [0.2, 0.25) is 0 Å². The van der Waals surface area contributed by atoms with E-state index in [2.05, 4.69) is 56.3 Å². The average molecular weight is 432 g/mol. The second-order valence-corrected chi connectivity index (χ2v) is 8.47. The van der Waals surface area contributed by atoms with E-state index in [4.69, 9.17) is 4.98 Å². The molecule has 0 saturated carbocycles. The maximum Gasteiger partial charge on any atom is 0.246 e. The number of benzene rings is 1. The summed E-state index contributed by atoms with van der Waals surface area (Å²) in [5.74, 6) is 1.28. The fourth-order valence-electron chi connectivity index (χ4n) is 4.58. The van der Waals surface area contributed by atoms with Crippen LogP contribution in [0.3, 0.4) is 0 Å². The van der Waals surface area contributed by atoms with Gasteiger partial charge in [-0.15, -0.1) is 0 Å². The first kappa shape index (κ1) is 20.4. The van der Waals surface area contributed by atoms with Gasteiger partial charge in [-0.3, -0.25) is 4.79 Å². The van der Waals surface area contributed by atoms with Crippen molar-refractivity contribution in [1.29, 1.82) is 0 Å². The average Bonchev–Trinajstić information content (AvgIpc) is 3.52. The highest BCUT2D eigenvalue weighted by Gasteiger charge is 2.23. The molecule has 1 unspecified atom stereocenters. The Morgan fingerprint density at radius 3 is 2.69 bits per heavy atom. The molecule has 2 saturated heterocycles. The van der Waals surface area contributed by atoms with Crippen molar-refractivity contribution in [3.63, 3.8) is 0 Å². The molecule has 0 radical (unpaired) electrons. The number of fused-ring (bicyclic) bond motifs is 1. The lowest BCUT2D eigenvalue weighted by Crippen LogP contribution is -2.44. The van der Waals surface area contributed by atoms with Crippen LogP contribution in [0.25, 0.3) is 11.0 Å². The Labute approximate surface area is 187 Å². The zero-order valence-electron chi connectivity index (χ0n) is 18.2. The minimum Gasteiger partial charge on any atom is -0.372 e. The Hall–Kier alpha value is -3.55. The molecule has 0 aliphatic carbocycles. The summed E-state index contributed by atoms with van der Waals surface area (Å²) in [4.78, 5) is 28.9. The molecule has 8 nitrogen and oxygen atoms in total. The van der Waals surface area contributed by atoms with Gasteiger partial charge in [-0.1, -0.05) is 6.58 Å². The third kappa shape index (κ3) is 4.26. The van der Waals surface area contributed by atoms with Crippen molar-refractivity contribution in [1.82, 2.24) is 19.9 Å². The van der Waals surface area contributed by atoms with Gasteiger partial charge >= 0.3 is 0 Å². The molecular formula is C24H29N7O. The molecule has 0 spiro atoms. The standard InChI is InChI=1S/C24H29N7O/c1-2-21(32)31-15-5-6-18(16-31)26-23-20-11-12-25-22(20)28-24(29-23)27-17-7-9-19(10-8-17)30-13-3-4-14-30/h2,7-12,18H,1,3-6,13-16H2,(H3,25,26,27,28,29). The van der Waals surface area contributed by atoms with E-state index in [1.807, 2.05) is 17.2 Å². The molecule has 2 aromatic heterocycles. The third-order valence-electron chi connectivity index (χ3n) is 6.26. The Balaban J connectivity index is 1.34. The van der Waals surface area contributed by atoms with Gasteiger partial charge in [0.05, 0.1) is 5.39 Å². The number of nitrogens with one attached hydrogen (secondary N) is 3. The zero-order chi connectivity index (χ0) is 21.9. The molecule has 32 heavy (non-hydrogen) atoms. The van der Waals surface area contributed by atoms with Crippen molar-refractivity contribution in [2.45, 2.75) is 31.7 Å². The number of piperidine rings is 1. The van der Waals surface area contributed by atoms with Gasteiger partial charge in [-0.25, -0.2) is 0 Å². The van der Waals surface area contributed by atoms with Crippen molar-refractivity contribution in [2.75, 3.05) is 41.7 Å². The van der Waals surface area contributed by atoms with Crippen molar-refractivity contribution >= 4 is 40.1 Å². The Bertz CT molecular complexity index is 1100. The van der Waals surface area contributed by atoms with E-state index in [-0.39, 0.29) is 11.9 Å². The number of nitrogens with zero attached hydrogens (tertiary/aromatic N) is 4. The summed E-state index contributed by atoms with van der Waals surface area (Å²) in [6, 6.07) is 10.5. The maximum absolute atomic E-state index is 12.0. The largest absolute Gasteiger partial charge is 0.372 e. The fourth-order valence-corrected chi connectivity index (χ4v) is 4.58. The third-order valence-corrected chi connectivity index (χ3v) is 6.26. The molecule has 2 aliphatic heterocycles. The number of rotatable bonds is 6. The summed E-state index contributed by atoms with van der Waals surface area (Å²) in [5.41, 5.74) is 2.98. The minimum absolute atomic E-state index is 0.0225. The number of hydrogen-bond acceptors (Lipinski definition) is 6. The van der Waals surface area contributed by atoms with E-state index in [0.717, 1.165) is 55.0 Å². The summed E-state index contributed by atoms with van der Waals surface area (Å²) in [6.07, 6.45) is 7.72. The van der Waals surface area contributed by atoms with Crippen molar-refractivity contribution in [3.05, 3.63) is 49.2 Å². The number of hydrogen-bond donors (Lipinski definition) is 3. The number of aromatic amines is 1. The summed E-state index contributed by atoms with van der Waals surface area (Å²) in [6.45, 7) is 7.28. The lowest BCUT2D eigenvalue weighted by Gasteiger charge is -2.33. The summed E-state index contributed by atoms with van der Waals surface area (Å²) < 4.78 is 0. The van der Waals surface area contributed by atoms with E-state index in [1.54, 1.807) is 0 Å². The van der Waals surface area contributed by atoms with Crippen LogP contribution in [-0.4, -0.2) is 58.0 Å². The van der Waals surface area contributed by atoms with Crippen LogP contribution in [0.1, 0.15) is 25.7 Å². The van der Waals surface area contributed by atoms with Gasteiger partial charge in [0.1, 0.15) is 11.5 Å². The van der Waals surface area contributed by atoms with Gasteiger partial charge < -0.3 is 25.4 Å². The van der Waals surface area contributed by atoms with Crippen molar-refractivity contribution in [2.24, 2.45) is 0 Å². The molecule has 2 fully saturated rings. The van der Waals surface area contributed by atoms with E-state index >= 15 is 0 Å².